The highest BCUT2D eigenvalue weighted by Gasteiger charge is 2.13. The Morgan fingerprint density at radius 3 is 2.43 bits per heavy atom. The third kappa shape index (κ3) is 3.79. The summed E-state index contributed by atoms with van der Waals surface area (Å²) in [5.74, 6) is 1.28. The molecule has 4 aromatic rings. The fraction of sp³-hybridized carbons (Fsp3) is 0.130. The smallest absolute Gasteiger partial charge is 0.250 e. The summed E-state index contributed by atoms with van der Waals surface area (Å²) in [7, 11) is 4.65. The molecule has 0 aliphatic carbocycles. The van der Waals surface area contributed by atoms with E-state index in [-0.39, 0.29) is 5.91 Å². The van der Waals surface area contributed by atoms with Crippen LogP contribution < -0.4 is 19.5 Å². The average molecular weight is 420 g/mol. The second-order valence-electron chi connectivity index (χ2n) is 6.43. The molecule has 1 amide bonds. The van der Waals surface area contributed by atoms with Crippen molar-refractivity contribution >= 4 is 49.4 Å². The Balaban J connectivity index is 1.56. The third-order valence-corrected chi connectivity index (χ3v) is 5.56. The highest BCUT2D eigenvalue weighted by molar-refractivity contribution is 7.22. The van der Waals surface area contributed by atoms with E-state index in [2.05, 4.69) is 16.4 Å². The van der Waals surface area contributed by atoms with Gasteiger partial charge in [-0.3, -0.25) is 10.1 Å². The van der Waals surface area contributed by atoms with Crippen molar-refractivity contribution in [2.24, 2.45) is 0 Å². The first kappa shape index (κ1) is 19.7. The summed E-state index contributed by atoms with van der Waals surface area (Å²) in [6.07, 6.45) is 3.13. The Morgan fingerprint density at radius 1 is 1.00 bits per heavy atom. The molecule has 0 radical (unpaired) electrons. The monoisotopic (exact) mass is 420 g/mol. The number of carbonyl (C=O) groups excluding carboxylic acids is 1. The second kappa shape index (κ2) is 8.42. The summed E-state index contributed by atoms with van der Waals surface area (Å²) in [6, 6.07) is 15.7. The lowest BCUT2D eigenvalue weighted by atomic mass is 10.1. The van der Waals surface area contributed by atoms with E-state index in [0.29, 0.717) is 22.4 Å². The maximum atomic E-state index is 12.4. The highest BCUT2D eigenvalue weighted by atomic mass is 32.1. The number of thiazole rings is 1. The number of carbonyl (C=O) groups is 1. The van der Waals surface area contributed by atoms with Gasteiger partial charge in [-0.2, -0.15) is 0 Å². The lowest BCUT2D eigenvalue weighted by Crippen LogP contribution is -2.07. The van der Waals surface area contributed by atoms with Crippen LogP contribution in [0.1, 0.15) is 5.56 Å². The Bertz CT molecular complexity index is 1240. The van der Waals surface area contributed by atoms with Gasteiger partial charge in [-0.1, -0.05) is 41.7 Å². The largest absolute Gasteiger partial charge is 0.493 e. The molecule has 1 aromatic heterocycles. The molecule has 7 heteroatoms. The molecule has 1 heterocycles. The van der Waals surface area contributed by atoms with E-state index in [1.165, 1.54) is 17.4 Å². The van der Waals surface area contributed by atoms with Crippen molar-refractivity contribution in [2.45, 2.75) is 0 Å². The summed E-state index contributed by atoms with van der Waals surface area (Å²) in [5.41, 5.74) is 1.64. The fourth-order valence-electron chi connectivity index (χ4n) is 3.23. The van der Waals surface area contributed by atoms with Gasteiger partial charge in [0, 0.05) is 11.5 Å². The minimum Gasteiger partial charge on any atom is -0.493 e. The molecular formula is C23H20N2O4S. The van der Waals surface area contributed by atoms with Gasteiger partial charge in [0.25, 0.3) is 0 Å². The lowest BCUT2D eigenvalue weighted by molar-refractivity contribution is -0.111. The molecule has 0 fully saturated rings. The average Bonchev–Trinajstić information content (AvgIpc) is 3.19. The summed E-state index contributed by atoms with van der Waals surface area (Å²) in [6.45, 7) is 0. The summed E-state index contributed by atoms with van der Waals surface area (Å²) < 4.78 is 17.0. The van der Waals surface area contributed by atoms with Crippen LogP contribution in [0.4, 0.5) is 5.13 Å². The minimum absolute atomic E-state index is 0.271. The van der Waals surface area contributed by atoms with E-state index in [1.54, 1.807) is 39.5 Å². The lowest BCUT2D eigenvalue weighted by Gasteiger charge is -2.12. The first-order valence-corrected chi connectivity index (χ1v) is 10.0. The highest BCUT2D eigenvalue weighted by Crippen LogP contribution is 2.38. The van der Waals surface area contributed by atoms with Crippen molar-refractivity contribution in [3.8, 4) is 17.2 Å². The van der Waals surface area contributed by atoms with Crippen molar-refractivity contribution < 1.29 is 19.0 Å². The van der Waals surface area contributed by atoms with Gasteiger partial charge in [-0.25, -0.2) is 4.98 Å². The number of anilines is 1. The second-order valence-corrected chi connectivity index (χ2v) is 7.46. The molecule has 0 saturated heterocycles. The Morgan fingerprint density at radius 2 is 1.73 bits per heavy atom. The molecule has 0 aliphatic heterocycles. The molecule has 1 N–H and O–H groups in total. The van der Waals surface area contributed by atoms with Gasteiger partial charge in [-0.15, -0.1) is 0 Å². The van der Waals surface area contributed by atoms with Gasteiger partial charge in [-0.05, 0) is 35.2 Å². The van der Waals surface area contributed by atoms with Crippen LogP contribution in [0, 0.1) is 0 Å². The van der Waals surface area contributed by atoms with E-state index in [9.17, 15) is 4.79 Å². The van der Waals surface area contributed by atoms with E-state index in [0.717, 1.165) is 26.6 Å². The number of aromatic nitrogens is 1. The number of amides is 1. The Labute approximate surface area is 177 Å². The fourth-order valence-corrected chi connectivity index (χ4v) is 4.12. The van der Waals surface area contributed by atoms with E-state index in [4.69, 9.17) is 14.2 Å². The van der Waals surface area contributed by atoms with E-state index >= 15 is 0 Å². The standard InChI is InChI=1S/C23H20N2O4S/c1-27-17-12-14(13-18(28-2)22(17)29-3)8-11-20(26)24-23-25-21-16-7-5-4-6-15(16)9-10-19(21)30-23/h4-13H,1-3H3,(H,24,25,26)/b11-8+. The first-order valence-electron chi connectivity index (χ1n) is 9.20. The van der Waals surface area contributed by atoms with Gasteiger partial charge < -0.3 is 14.2 Å². The van der Waals surface area contributed by atoms with Gasteiger partial charge >= 0.3 is 0 Å². The van der Waals surface area contributed by atoms with Crippen LogP contribution in [0.2, 0.25) is 0 Å². The summed E-state index contributed by atoms with van der Waals surface area (Å²) in [4.78, 5) is 17.0. The predicted octanol–water partition coefficient (Wildman–Crippen LogP) is 5.13. The number of ether oxygens (including phenoxy) is 3. The number of nitrogens with one attached hydrogen (secondary N) is 1. The van der Waals surface area contributed by atoms with Gasteiger partial charge in [0.2, 0.25) is 11.7 Å². The van der Waals surface area contributed by atoms with Gasteiger partial charge in [0.1, 0.15) is 0 Å². The Hall–Kier alpha value is -3.58. The molecule has 0 bridgehead atoms. The van der Waals surface area contributed by atoms with Crippen molar-refractivity contribution in [2.75, 3.05) is 26.6 Å². The molecular weight excluding hydrogens is 400 g/mol. The maximum absolute atomic E-state index is 12.4. The first-order chi connectivity index (χ1) is 14.6. The van der Waals surface area contributed by atoms with Crippen LogP contribution in [-0.2, 0) is 4.79 Å². The van der Waals surface area contributed by atoms with E-state index in [1.807, 2.05) is 30.3 Å². The Kier molecular flexibility index (Phi) is 5.54. The van der Waals surface area contributed by atoms with Crippen LogP contribution in [0.15, 0.2) is 54.6 Å². The van der Waals surface area contributed by atoms with E-state index < -0.39 is 0 Å². The zero-order valence-electron chi connectivity index (χ0n) is 16.8. The van der Waals surface area contributed by atoms with Crippen LogP contribution in [0.5, 0.6) is 17.2 Å². The number of benzene rings is 3. The maximum Gasteiger partial charge on any atom is 0.250 e. The molecule has 30 heavy (non-hydrogen) atoms. The van der Waals surface area contributed by atoms with Crippen molar-refractivity contribution in [3.63, 3.8) is 0 Å². The SMILES string of the molecule is COc1cc(/C=C/C(=O)Nc2nc3c(ccc4ccccc43)s2)cc(OC)c1OC. The van der Waals surface area contributed by atoms with Crippen molar-refractivity contribution in [3.05, 3.63) is 60.2 Å². The number of methoxy groups -OCH3 is 3. The zero-order valence-corrected chi connectivity index (χ0v) is 17.6. The number of nitrogens with zero attached hydrogens (tertiary/aromatic N) is 1. The number of rotatable bonds is 6. The van der Waals surface area contributed by atoms with Crippen molar-refractivity contribution in [1.82, 2.24) is 4.98 Å². The quantitative estimate of drug-likeness (QED) is 0.438. The molecule has 3 aromatic carbocycles. The minimum atomic E-state index is -0.271. The van der Waals surface area contributed by atoms with Gasteiger partial charge in [0.15, 0.2) is 16.6 Å². The third-order valence-electron chi connectivity index (χ3n) is 4.63. The van der Waals surface area contributed by atoms with Crippen LogP contribution in [0.3, 0.4) is 0 Å². The molecule has 4 rings (SSSR count). The molecule has 152 valence electrons. The van der Waals surface area contributed by atoms with Crippen molar-refractivity contribution in [1.29, 1.82) is 0 Å². The molecule has 0 atom stereocenters. The number of hydrogen-bond donors (Lipinski definition) is 1. The van der Waals surface area contributed by atoms with Crippen LogP contribution in [-0.4, -0.2) is 32.2 Å². The van der Waals surface area contributed by atoms with Gasteiger partial charge in [0.05, 0.1) is 31.5 Å². The molecule has 0 aliphatic rings. The number of hydrogen-bond acceptors (Lipinski definition) is 6. The number of fused-ring (bicyclic) bond motifs is 3. The molecule has 0 saturated carbocycles. The zero-order chi connectivity index (χ0) is 21.1. The van der Waals surface area contributed by atoms with Crippen LogP contribution in [0.25, 0.3) is 27.1 Å². The van der Waals surface area contributed by atoms with Crippen LogP contribution >= 0.6 is 11.3 Å². The summed E-state index contributed by atoms with van der Waals surface area (Å²) >= 11 is 1.45. The molecule has 6 nitrogen and oxygen atoms in total. The predicted molar refractivity (Wildman–Crippen MR) is 121 cm³/mol. The topological polar surface area (TPSA) is 69.7 Å². The normalized spacial score (nSPS) is 11.2. The molecule has 0 spiro atoms. The summed E-state index contributed by atoms with van der Waals surface area (Å²) in [5, 5.41) is 5.59. The molecule has 0 unspecified atom stereocenters.